The van der Waals surface area contributed by atoms with Gasteiger partial charge in [-0.15, -0.1) is 0 Å². The number of aliphatic carboxylic acids is 1. The minimum Gasteiger partial charge on any atom is -0.493 e. The van der Waals surface area contributed by atoms with E-state index < -0.39 is 18.5 Å². The summed E-state index contributed by atoms with van der Waals surface area (Å²) in [4.78, 5) is 41.6. The van der Waals surface area contributed by atoms with Gasteiger partial charge in [0.15, 0.2) is 29.7 Å². The molecule has 0 saturated heterocycles. The number of hydrogen-bond donors (Lipinski definition) is 1. The number of carboxylic acids is 1. The zero-order valence-corrected chi connectivity index (χ0v) is 25.6. The molecule has 0 saturated carbocycles. The Balaban J connectivity index is 1.70. The molecular weight excluding hydrogens is 554 g/mol. The van der Waals surface area contributed by atoms with Gasteiger partial charge >= 0.3 is 5.97 Å². The first kappa shape index (κ1) is 29.9. The molecule has 0 bridgehead atoms. The molecule has 0 amide bonds. The Bertz CT molecular complexity index is 1450. The van der Waals surface area contributed by atoms with Crippen molar-refractivity contribution in [1.82, 2.24) is 4.90 Å². The van der Waals surface area contributed by atoms with E-state index in [4.69, 9.17) is 26.2 Å². The number of nitrogens with zero attached hydrogens (tertiary/aromatic N) is 1. The summed E-state index contributed by atoms with van der Waals surface area (Å²) in [5, 5.41) is 9.29. The van der Waals surface area contributed by atoms with Gasteiger partial charge in [0, 0.05) is 47.8 Å². The first-order valence-electron chi connectivity index (χ1n) is 14.4. The molecule has 2 aromatic carbocycles. The molecule has 1 aliphatic heterocycles. The molecule has 0 radical (unpaired) electrons. The largest absolute Gasteiger partial charge is 0.493 e. The molecular formula is C34H38ClNO6. The molecule has 0 aromatic heterocycles. The average Bonchev–Trinajstić information content (AvgIpc) is 2.89. The summed E-state index contributed by atoms with van der Waals surface area (Å²) < 4.78 is 11.0. The number of ether oxygens (including phenoxy) is 2. The maximum atomic E-state index is 14.1. The molecule has 7 nitrogen and oxygen atoms in total. The Morgan fingerprint density at radius 1 is 0.952 bits per heavy atom. The first-order chi connectivity index (χ1) is 19.8. The zero-order chi connectivity index (χ0) is 30.4. The Labute approximate surface area is 252 Å². The summed E-state index contributed by atoms with van der Waals surface area (Å²) in [6, 6.07) is 13.7. The van der Waals surface area contributed by atoms with Crippen molar-refractivity contribution in [3.8, 4) is 11.5 Å². The fourth-order valence-electron chi connectivity index (χ4n) is 6.72. The van der Waals surface area contributed by atoms with E-state index in [1.165, 1.54) is 12.7 Å². The first-order valence-corrected chi connectivity index (χ1v) is 14.7. The molecule has 1 N–H and O–H groups in total. The maximum absolute atomic E-state index is 14.1. The van der Waals surface area contributed by atoms with Crippen LogP contribution >= 0.6 is 11.6 Å². The van der Waals surface area contributed by atoms with Crippen molar-refractivity contribution in [2.24, 2.45) is 10.8 Å². The Kier molecular flexibility index (Phi) is 8.01. The van der Waals surface area contributed by atoms with Crippen LogP contribution in [0.3, 0.4) is 0 Å². The summed E-state index contributed by atoms with van der Waals surface area (Å²) in [6.45, 7) is 8.55. The number of halogens is 1. The SMILES string of the molecule is COc1cc(C2C3=C(CC(C)(C)CC3=O)N(CCc3ccccc3)C3=C2C(=O)CC(C)(C)C3)cc(Cl)c1OCC(=O)O. The predicted molar refractivity (Wildman–Crippen MR) is 161 cm³/mol. The highest BCUT2D eigenvalue weighted by Crippen LogP contribution is 2.55. The van der Waals surface area contributed by atoms with Crippen LogP contribution in [-0.2, 0) is 20.8 Å². The van der Waals surface area contributed by atoms with E-state index in [0.717, 1.165) is 17.8 Å². The van der Waals surface area contributed by atoms with E-state index >= 15 is 0 Å². The highest BCUT2D eigenvalue weighted by Gasteiger charge is 2.49. The van der Waals surface area contributed by atoms with E-state index in [9.17, 15) is 14.4 Å². The zero-order valence-electron chi connectivity index (χ0n) is 24.9. The number of carbonyl (C=O) groups is 3. The van der Waals surface area contributed by atoms with Crippen LogP contribution in [0.1, 0.15) is 70.4 Å². The highest BCUT2D eigenvalue weighted by molar-refractivity contribution is 6.32. The summed E-state index contributed by atoms with van der Waals surface area (Å²) in [6.07, 6.45) is 2.94. The van der Waals surface area contributed by atoms with Gasteiger partial charge in [0.2, 0.25) is 0 Å². The van der Waals surface area contributed by atoms with Crippen molar-refractivity contribution in [2.45, 2.75) is 65.7 Å². The molecule has 5 rings (SSSR count). The lowest BCUT2D eigenvalue weighted by Crippen LogP contribution is -2.45. The van der Waals surface area contributed by atoms with Gasteiger partial charge in [-0.25, -0.2) is 4.79 Å². The highest BCUT2D eigenvalue weighted by atomic mass is 35.5. The van der Waals surface area contributed by atoms with Gasteiger partial charge in [-0.2, -0.15) is 0 Å². The predicted octanol–water partition coefficient (Wildman–Crippen LogP) is 6.74. The monoisotopic (exact) mass is 591 g/mol. The van der Waals surface area contributed by atoms with Crippen molar-refractivity contribution < 1.29 is 29.0 Å². The quantitative estimate of drug-likeness (QED) is 0.363. The summed E-state index contributed by atoms with van der Waals surface area (Å²) in [5.74, 6) is -1.32. The van der Waals surface area contributed by atoms with E-state index in [2.05, 4.69) is 44.7 Å². The summed E-state index contributed by atoms with van der Waals surface area (Å²) in [5.41, 5.74) is 4.62. The number of Topliss-reactive ketones (excluding diaryl/α,β-unsaturated/α-hetero) is 2. The van der Waals surface area contributed by atoms with Crippen LogP contribution in [0.4, 0.5) is 0 Å². The van der Waals surface area contributed by atoms with Gasteiger partial charge < -0.3 is 19.5 Å². The number of benzene rings is 2. The van der Waals surface area contributed by atoms with Crippen LogP contribution in [0.2, 0.25) is 5.02 Å². The van der Waals surface area contributed by atoms with Crippen molar-refractivity contribution in [2.75, 3.05) is 20.3 Å². The molecule has 0 fully saturated rings. The third-order valence-electron chi connectivity index (χ3n) is 8.41. The number of hydrogen-bond acceptors (Lipinski definition) is 6. The van der Waals surface area contributed by atoms with Crippen LogP contribution in [0.25, 0.3) is 0 Å². The number of ketones is 2. The van der Waals surface area contributed by atoms with Crippen molar-refractivity contribution in [3.63, 3.8) is 0 Å². The van der Waals surface area contributed by atoms with Gasteiger partial charge in [0.05, 0.1) is 12.1 Å². The Morgan fingerprint density at radius 2 is 1.52 bits per heavy atom. The van der Waals surface area contributed by atoms with E-state index in [1.54, 1.807) is 12.1 Å². The van der Waals surface area contributed by atoms with E-state index in [1.807, 2.05) is 18.2 Å². The van der Waals surface area contributed by atoms with Crippen molar-refractivity contribution in [3.05, 3.63) is 81.2 Å². The molecule has 2 aromatic rings. The van der Waals surface area contributed by atoms with Crippen LogP contribution in [0.15, 0.2) is 65.0 Å². The second kappa shape index (κ2) is 11.3. The third kappa shape index (κ3) is 5.84. The number of methoxy groups -OCH3 is 1. The lowest BCUT2D eigenvalue weighted by Gasteiger charge is -2.49. The second-order valence-electron chi connectivity index (χ2n) is 13.1. The van der Waals surface area contributed by atoms with Crippen LogP contribution in [0.5, 0.6) is 11.5 Å². The van der Waals surface area contributed by atoms with Crippen LogP contribution in [-0.4, -0.2) is 47.8 Å². The second-order valence-corrected chi connectivity index (χ2v) is 13.5. The lowest BCUT2D eigenvalue weighted by molar-refractivity contribution is -0.139. The number of allylic oxidation sites excluding steroid dienone is 4. The van der Waals surface area contributed by atoms with Crippen LogP contribution in [0, 0.1) is 10.8 Å². The molecule has 42 heavy (non-hydrogen) atoms. The van der Waals surface area contributed by atoms with Gasteiger partial charge in [0.1, 0.15) is 0 Å². The Hall–Kier alpha value is -3.58. The lowest BCUT2D eigenvalue weighted by atomic mass is 9.63. The van der Waals surface area contributed by atoms with Gasteiger partial charge in [-0.05, 0) is 53.4 Å². The molecule has 222 valence electrons. The van der Waals surface area contributed by atoms with E-state index in [-0.39, 0.29) is 38.9 Å². The minimum absolute atomic E-state index is 0.0291. The van der Waals surface area contributed by atoms with Crippen molar-refractivity contribution >= 4 is 29.1 Å². The number of carbonyl (C=O) groups excluding carboxylic acids is 2. The number of rotatable bonds is 8. The molecule has 2 aliphatic carbocycles. The maximum Gasteiger partial charge on any atom is 0.341 e. The molecule has 3 aliphatic rings. The molecule has 0 spiro atoms. The Morgan fingerprint density at radius 3 is 2.05 bits per heavy atom. The summed E-state index contributed by atoms with van der Waals surface area (Å²) in [7, 11) is 1.45. The fourth-order valence-corrected chi connectivity index (χ4v) is 6.99. The minimum atomic E-state index is -1.14. The fraction of sp³-hybridized carbons (Fsp3) is 0.441. The molecule has 0 atom stereocenters. The molecule has 0 unspecified atom stereocenters. The average molecular weight is 592 g/mol. The topological polar surface area (TPSA) is 93.1 Å². The van der Waals surface area contributed by atoms with Gasteiger partial charge in [0.25, 0.3) is 0 Å². The standard InChI is InChI=1S/C34H38ClNO6/c1-33(2)15-23-30(25(37)17-33)29(21-13-22(35)32(27(14-21)41-5)42-19-28(39)40)31-24(16-34(3,4)18-26(31)38)36(23)12-11-20-9-7-6-8-10-20/h6-10,13-14,29H,11-12,15-19H2,1-5H3,(H,39,40). The van der Waals surface area contributed by atoms with E-state index in [0.29, 0.717) is 48.9 Å². The van der Waals surface area contributed by atoms with Crippen molar-refractivity contribution in [1.29, 1.82) is 0 Å². The van der Waals surface area contributed by atoms with Gasteiger partial charge in [-0.1, -0.05) is 69.6 Å². The molecule has 8 heteroatoms. The van der Waals surface area contributed by atoms with Gasteiger partial charge in [-0.3, -0.25) is 9.59 Å². The molecule has 1 heterocycles. The normalized spacial score (nSPS) is 19.9. The third-order valence-corrected chi connectivity index (χ3v) is 8.69. The smallest absolute Gasteiger partial charge is 0.341 e. The van der Waals surface area contributed by atoms with Crippen LogP contribution < -0.4 is 9.47 Å². The summed E-state index contributed by atoms with van der Waals surface area (Å²) >= 11 is 6.67. The number of carboxylic acid groups (broad SMARTS) is 1.